The predicted octanol–water partition coefficient (Wildman–Crippen LogP) is 1.10. The molecule has 0 saturated heterocycles. The standard InChI is InChI=1S/C13H14N2O3/c1-18-11-5-2-4-9-10(8-14)15(6-3-7-16)13(17)12(9)11/h2,4-5,10,16H,3,6-7H2,1H3. The van der Waals surface area contributed by atoms with E-state index in [1.54, 1.807) is 18.2 Å². The van der Waals surface area contributed by atoms with Crippen LogP contribution in [0.5, 0.6) is 5.75 Å². The minimum atomic E-state index is -0.589. The third-order valence-corrected chi connectivity index (χ3v) is 3.04. The molecule has 94 valence electrons. The van der Waals surface area contributed by atoms with E-state index in [0.717, 1.165) is 0 Å². The van der Waals surface area contributed by atoms with E-state index >= 15 is 0 Å². The van der Waals surface area contributed by atoms with Gasteiger partial charge in [-0.15, -0.1) is 0 Å². The molecule has 0 aromatic heterocycles. The highest BCUT2D eigenvalue weighted by Gasteiger charge is 2.38. The lowest BCUT2D eigenvalue weighted by atomic mass is 10.0. The Hall–Kier alpha value is -2.06. The third-order valence-electron chi connectivity index (χ3n) is 3.04. The summed E-state index contributed by atoms with van der Waals surface area (Å²) in [6, 6.07) is 6.78. The Kier molecular flexibility index (Phi) is 3.49. The zero-order valence-electron chi connectivity index (χ0n) is 10.1. The highest BCUT2D eigenvalue weighted by atomic mass is 16.5. The van der Waals surface area contributed by atoms with Crippen molar-refractivity contribution in [2.45, 2.75) is 12.5 Å². The Morgan fingerprint density at radius 1 is 1.56 bits per heavy atom. The molecule has 2 rings (SSSR count). The molecule has 0 radical (unpaired) electrons. The van der Waals surface area contributed by atoms with Crippen molar-refractivity contribution in [3.05, 3.63) is 29.3 Å². The van der Waals surface area contributed by atoms with Gasteiger partial charge < -0.3 is 14.7 Å². The normalized spacial score (nSPS) is 17.5. The van der Waals surface area contributed by atoms with Crippen molar-refractivity contribution in [1.29, 1.82) is 5.26 Å². The molecule has 0 aliphatic carbocycles. The highest BCUT2D eigenvalue weighted by Crippen LogP contribution is 2.38. The molecule has 0 bridgehead atoms. The highest BCUT2D eigenvalue weighted by molar-refractivity contribution is 6.02. The quantitative estimate of drug-likeness (QED) is 0.863. The molecule has 1 N–H and O–H groups in total. The summed E-state index contributed by atoms with van der Waals surface area (Å²) < 4.78 is 5.17. The SMILES string of the molecule is COc1cccc2c1C(=O)N(CCCO)C2C#N. The lowest BCUT2D eigenvalue weighted by Crippen LogP contribution is -2.29. The molecule has 18 heavy (non-hydrogen) atoms. The van der Waals surface area contributed by atoms with Crippen LogP contribution in [0.25, 0.3) is 0 Å². The van der Waals surface area contributed by atoms with E-state index in [4.69, 9.17) is 9.84 Å². The van der Waals surface area contributed by atoms with Gasteiger partial charge in [-0.1, -0.05) is 12.1 Å². The lowest BCUT2D eigenvalue weighted by Gasteiger charge is -2.19. The topological polar surface area (TPSA) is 73.6 Å². The van der Waals surface area contributed by atoms with Gasteiger partial charge in [-0.3, -0.25) is 4.79 Å². The molecule has 0 saturated carbocycles. The number of hydrogen-bond acceptors (Lipinski definition) is 4. The number of carbonyl (C=O) groups excluding carboxylic acids is 1. The monoisotopic (exact) mass is 246 g/mol. The molecule has 1 aromatic rings. The average Bonchev–Trinajstić information content (AvgIpc) is 2.68. The number of nitriles is 1. The molecule has 5 heteroatoms. The van der Waals surface area contributed by atoms with Gasteiger partial charge >= 0.3 is 0 Å². The summed E-state index contributed by atoms with van der Waals surface area (Å²) in [5.41, 5.74) is 1.14. The van der Waals surface area contributed by atoms with Crippen LogP contribution in [-0.2, 0) is 0 Å². The molecule has 1 unspecified atom stereocenters. The first-order valence-electron chi connectivity index (χ1n) is 5.73. The maximum atomic E-state index is 12.3. The van der Waals surface area contributed by atoms with Crippen molar-refractivity contribution in [3.63, 3.8) is 0 Å². The minimum Gasteiger partial charge on any atom is -0.496 e. The molecule has 1 aromatic carbocycles. The maximum Gasteiger partial charge on any atom is 0.259 e. The van der Waals surface area contributed by atoms with Gasteiger partial charge in [-0.2, -0.15) is 5.26 Å². The number of hydrogen-bond donors (Lipinski definition) is 1. The van der Waals surface area contributed by atoms with E-state index in [9.17, 15) is 10.1 Å². The van der Waals surface area contributed by atoms with Crippen LogP contribution in [0.15, 0.2) is 18.2 Å². The van der Waals surface area contributed by atoms with E-state index in [2.05, 4.69) is 6.07 Å². The van der Waals surface area contributed by atoms with Gasteiger partial charge in [-0.05, 0) is 12.5 Å². The number of aliphatic hydroxyl groups excluding tert-OH is 1. The van der Waals surface area contributed by atoms with Crippen LogP contribution in [0.3, 0.4) is 0 Å². The van der Waals surface area contributed by atoms with Crippen LogP contribution < -0.4 is 4.74 Å². The second-order valence-electron chi connectivity index (χ2n) is 4.03. The van der Waals surface area contributed by atoms with Crippen molar-refractivity contribution in [2.24, 2.45) is 0 Å². The Labute approximate surface area is 105 Å². The molecular weight excluding hydrogens is 232 g/mol. The fourth-order valence-electron chi connectivity index (χ4n) is 2.21. The Morgan fingerprint density at radius 2 is 2.33 bits per heavy atom. The second-order valence-corrected chi connectivity index (χ2v) is 4.03. The first-order chi connectivity index (χ1) is 8.74. The van der Waals surface area contributed by atoms with Crippen LogP contribution in [0.1, 0.15) is 28.4 Å². The summed E-state index contributed by atoms with van der Waals surface area (Å²) in [4.78, 5) is 13.7. The van der Waals surface area contributed by atoms with Crippen LogP contribution in [0.4, 0.5) is 0 Å². The number of amides is 1. The Balaban J connectivity index is 2.43. The van der Waals surface area contributed by atoms with Gasteiger partial charge in [0, 0.05) is 18.7 Å². The maximum absolute atomic E-state index is 12.3. The summed E-state index contributed by atoms with van der Waals surface area (Å²) in [5.74, 6) is 0.284. The van der Waals surface area contributed by atoms with Gasteiger partial charge in [-0.25, -0.2) is 0 Å². The lowest BCUT2D eigenvalue weighted by molar-refractivity contribution is 0.0744. The zero-order chi connectivity index (χ0) is 13.1. The van der Waals surface area contributed by atoms with Crippen LogP contribution in [0.2, 0.25) is 0 Å². The van der Waals surface area contributed by atoms with Crippen molar-refractivity contribution >= 4 is 5.91 Å². The third kappa shape index (κ3) is 1.81. The summed E-state index contributed by atoms with van der Waals surface area (Å²) in [6.07, 6.45) is 0.459. The Bertz CT molecular complexity index is 507. The first kappa shape index (κ1) is 12.4. The van der Waals surface area contributed by atoms with Crippen molar-refractivity contribution < 1.29 is 14.6 Å². The summed E-state index contributed by atoms with van der Waals surface area (Å²) in [7, 11) is 1.50. The van der Waals surface area contributed by atoms with Gasteiger partial charge in [0.25, 0.3) is 5.91 Å². The molecule has 5 nitrogen and oxygen atoms in total. The van der Waals surface area contributed by atoms with E-state index in [-0.39, 0.29) is 12.5 Å². The van der Waals surface area contributed by atoms with Crippen LogP contribution in [-0.4, -0.2) is 36.2 Å². The molecule has 1 aliphatic heterocycles. The molecule has 1 aliphatic rings. The molecular formula is C13H14N2O3. The fraction of sp³-hybridized carbons (Fsp3) is 0.385. The van der Waals surface area contributed by atoms with Crippen LogP contribution in [0, 0.1) is 11.3 Å². The smallest absolute Gasteiger partial charge is 0.259 e. The number of ether oxygens (including phenoxy) is 1. The zero-order valence-corrected chi connectivity index (χ0v) is 10.1. The number of fused-ring (bicyclic) bond motifs is 1. The number of rotatable bonds is 4. The summed E-state index contributed by atoms with van der Waals surface area (Å²) >= 11 is 0. The van der Waals surface area contributed by atoms with E-state index in [1.807, 2.05) is 0 Å². The van der Waals surface area contributed by atoms with Crippen molar-refractivity contribution in [1.82, 2.24) is 4.90 Å². The minimum absolute atomic E-state index is 0.00455. The van der Waals surface area contributed by atoms with Crippen LogP contribution >= 0.6 is 0 Å². The number of carbonyl (C=O) groups is 1. The van der Waals surface area contributed by atoms with Gasteiger partial charge in [0.1, 0.15) is 11.8 Å². The van der Waals surface area contributed by atoms with E-state index in [1.165, 1.54) is 12.0 Å². The van der Waals surface area contributed by atoms with Gasteiger partial charge in [0.15, 0.2) is 0 Å². The summed E-state index contributed by atoms with van der Waals surface area (Å²) in [6.45, 7) is 0.362. The van der Waals surface area contributed by atoms with E-state index in [0.29, 0.717) is 29.8 Å². The van der Waals surface area contributed by atoms with Gasteiger partial charge in [0.2, 0.25) is 0 Å². The van der Waals surface area contributed by atoms with E-state index < -0.39 is 6.04 Å². The van der Waals surface area contributed by atoms with Crippen molar-refractivity contribution in [2.75, 3.05) is 20.3 Å². The van der Waals surface area contributed by atoms with Gasteiger partial charge in [0.05, 0.1) is 18.7 Å². The number of nitrogens with zero attached hydrogens (tertiary/aromatic N) is 2. The number of methoxy groups -OCH3 is 1. The molecule has 1 amide bonds. The molecule has 0 spiro atoms. The number of benzene rings is 1. The summed E-state index contributed by atoms with van der Waals surface area (Å²) in [5, 5.41) is 18.1. The molecule has 0 fully saturated rings. The predicted molar refractivity (Wildman–Crippen MR) is 64.1 cm³/mol. The largest absolute Gasteiger partial charge is 0.496 e. The molecule has 1 atom stereocenters. The number of aliphatic hydroxyl groups is 1. The Morgan fingerprint density at radius 3 is 2.94 bits per heavy atom. The second kappa shape index (κ2) is 5.07. The van der Waals surface area contributed by atoms with Crippen molar-refractivity contribution in [3.8, 4) is 11.8 Å². The fourth-order valence-corrected chi connectivity index (χ4v) is 2.21. The first-order valence-corrected chi connectivity index (χ1v) is 5.73. The average molecular weight is 246 g/mol. The molecule has 1 heterocycles.